The maximum absolute atomic E-state index is 10.3. The van der Waals surface area contributed by atoms with E-state index in [1.165, 1.54) is 5.37 Å². The maximum atomic E-state index is 10.3. The molecule has 52 valence electrons. The molecule has 0 saturated carbocycles. The van der Waals surface area contributed by atoms with Crippen LogP contribution < -0.4 is 0 Å². The van der Waals surface area contributed by atoms with Crippen molar-refractivity contribution in [3.63, 3.8) is 0 Å². The predicted octanol–water partition coefficient (Wildman–Crippen LogP) is 1.85. The van der Waals surface area contributed by atoms with Crippen molar-refractivity contribution < 1.29 is 4.79 Å². The summed E-state index contributed by atoms with van der Waals surface area (Å²) in [6.45, 7) is 5.98. The Morgan fingerprint density at radius 2 is 1.89 bits per heavy atom. The number of hydrogen-bond acceptors (Lipinski definition) is 2. The molecule has 0 aromatic heterocycles. The molecule has 0 radical (unpaired) electrons. The van der Waals surface area contributed by atoms with E-state index in [0.717, 1.165) is 6.29 Å². The van der Waals surface area contributed by atoms with E-state index in [4.69, 9.17) is 0 Å². The SMILES string of the molecule is CC(C)(C)C(C=O)C=S. The summed E-state index contributed by atoms with van der Waals surface area (Å²) in [6.07, 6.45) is 0.896. The molecule has 1 nitrogen and oxygen atoms in total. The van der Waals surface area contributed by atoms with Crippen LogP contribution in [0.5, 0.6) is 0 Å². The van der Waals surface area contributed by atoms with Gasteiger partial charge in [0, 0.05) is 5.92 Å². The molecule has 1 atom stereocenters. The number of aldehydes is 1. The summed E-state index contributed by atoms with van der Waals surface area (Å²) >= 11 is 4.66. The number of carbonyl (C=O) groups excluding carboxylic acids is 1. The average molecular weight is 144 g/mol. The van der Waals surface area contributed by atoms with Crippen LogP contribution in [-0.4, -0.2) is 11.7 Å². The van der Waals surface area contributed by atoms with Gasteiger partial charge in [-0.05, 0) is 10.8 Å². The maximum Gasteiger partial charge on any atom is 0.128 e. The Hall–Kier alpha value is -0.240. The molecule has 0 aromatic carbocycles. The zero-order valence-corrected chi connectivity index (χ0v) is 6.87. The van der Waals surface area contributed by atoms with Gasteiger partial charge in [0.05, 0.1) is 0 Å². The second-order valence-corrected chi connectivity index (χ2v) is 3.44. The lowest BCUT2D eigenvalue weighted by molar-refractivity contribution is -0.111. The second-order valence-electron chi connectivity index (χ2n) is 3.16. The molecule has 0 rings (SSSR count). The van der Waals surface area contributed by atoms with Crippen LogP contribution in [0.2, 0.25) is 0 Å². The molecule has 0 bridgehead atoms. The van der Waals surface area contributed by atoms with Crippen LogP contribution in [0.4, 0.5) is 0 Å². The van der Waals surface area contributed by atoms with Crippen LogP contribution in [0, 0.1) is 11.3 Å². The van der Waals surface area contributed by atoms with Gasteiger partial charge in [0.1, 0.15) is 6.29 Å². The minimum Gasteiger partial charge on any atom is -0.303 e. The van der Waals surface area contributed by atoms with Gasteiger partial charge in [-0.1, -0.05) is 33.0 Å². The highest BCUT2D eigenvalue weighted by Gasteiger charge is 2.20. The molecule has 2 heteroatoms. The lowest BCUT2D eigenvalue weighted by atomic mass is 9.83. The molecule has 0 N–H and O–H groups in total. The zero-order valence-electron chi connectivity index (χ0n) is 6.05. The predicted molar refractivity (Wildman–Crippen MR) is 42.7 cm³/mol. The monoisotopic (exact) mass is 144 g/mol. The summed E-state index contributed by atoms with van der Waals surface area (Å²) in [6, 6.07) is 0. The van der Waals surface area contributed by atoms with E-state index in [1.807, 2.05) is 20.8 Å². The summed E-state index contributed by atoms with van der Waals surface area (Å²) < 4.78 is 0. The number of carbonyl (C=O) groups is 1. The molecule has 0 aliphatic heterocycles. The van der Waals surface area contributed by atoms with E-state index < -0.39 is 0 Å². The zero-order chi connectivity index (χ0) is 7.49. The van der Waals surface area contributed by atoms with Gasteiger partial charge in [-0.15, -0.1) is 0 Å². The van der Waals surface area contributed by atoms with Crippen molar-refractivity contribution >= 4 is 23.9 Å². The Labute approximate surface area is 61.4 Å². The van der Waals surface area contributed by atoms with Gasteiger partial charge in [0.2, 0.25) is 0 Å². The fourth-order valence-electron chi connectivity index (χ4n) is 0.440. The van der Waals surface area contributed by atoms with E-state index in [0.29, 0.717) is 0 Å². The summed E-state index contributed by atoms with van der Waals surface area (Å²) in [5.41, 5.74) is -0.0104. The Balaban J connectivity index is 4.11. The highest BCUT2D eigenvalue weighted by Crippen LogP contribution is 2.22. The van der Waals surface area contributed by atoms with Crippen LogP contribution in [-0.2, 0) is 4.79 Å². The van der Waals surface area contributed by atoms with Crippen LogP contribution in [0.25, 0.3) is 0 Å². The summed E-state index contributed by atoms with van der Waals surface area (Å²) in [7, 11) is 0. The normalized spacial score (nSPS) is 14.6. The van der Waals surface area contributed by atoms with Gasteiger partial charge < -0.3 is 4.79 Å². The van der Waals surface area contributed by atoms with Gasteiger partial charge in [-0.3, -0.25) is 0 Å². The van der Waals surface area contributed by atoms with Crippen molar-refractivity contribution in [2.75, 3.05) is 0 Å². The largest absolute Gasteiger partial charge is 0.303 e. The Kier molecular flexibility index (Phi) is 2.98. The quantitative estimate of drug-likeness (QED) is 0.434. The molecule has 0 fully saturated rings. The second kappa shape index (κ2) is 3.06. The minimum atomic E-state index is -0.0903. The first-order valence-electron chi connectivity index (χ1n) is 2.93. The Morgan fingerprint density at radius 3 is 1.89 bits per heavy atom. The molecule has 9 heavy (non-hydrogen) atoms. The molecule has 0 spiro atoms. The van der Waals surface area contributed by atoms with E-state index >= 15 is 0 Å². The van der Waals surface area contributed by atoms with E-state index in [9.17, 15) is 4.79 Å². The highest BCUT2D eigenvalue weighted by molar-refractivity contribution is 7.79. The van der Waals surface area contributed by atoms with Crippen LogP contribution in [0.1, 0.15) is 20.8 Å². The standard InChI is InChI=1S/C7H12OS/c1-7(2,3)6(4-8)5-9/h4-6H,1-3H3. The molecular weight excluding hydrogens is 132 g/mol. The van der Waals surface area contributed by atoms with Crippen molar-refractivity contribution in [2.45, 2.75) is 20.8 Å². The van der Waals surface area contributed by atoms with Gasteiger partial charge in [-0.25, -0.2) is 0 Å². The van der Waals surface area contributed by atoms with Crippen LogP contribution >= 0.6 is 12.2 Å². The third-order valence-electron chi connectivity index (χ3n) is 1.29. The summed E-state index contributed by atoms with van der Waals surface area (Å²) in [5, 5.41) is 1.52. The minimum absolute atomic E-state index is 0.0104. The van der Waals surface area contributed by atoms with E-state index in [1.54, 1.807) is 0 Å². The average Bonchev–Trinajstić information content (AvgIpc) is 1.65. The van der Waals surface area contributed by atoms with Crippen molar-refractivity contribution in [1.29, 1.82) is 0 Å². The highest BCUT2D eigenvalue weighted by atomic mass is 32.1. The van der Waals surface area contributed by atoms with Crippen LogP contribution in [0.15, 0.2) is 0 Å². The van der Waals surface area contributed by atoms with Crippen molar-refractivity contribution in [3.05, 3.63) is 0 Å². The van der Waals surface area contributed by atoms with Crippen LogP contribution in [0.3, 0.4) is 0 Å². The smallest absolute Gasteiger partial charge is 0.128 e. The molecule has 0 aromatic rings. The van der Waals surface area contributed by atoms with Gasteiger partial charge in [0.25, 0.3) is 0 Å². The topological polar surface area (TPSA) is 17.1 Å². The Morgan fingerprint density at radius 1 is 1.44 bits per heavy atom. The number of hydrogen-bond donors (Lipinski definition) is 0. The summed E-state index contributed by atoms with van der Waals surface area (Å²) in [4.78, 5) is 10.3. The van der Waals surface area contributed by atoms with E-state index in [2.05, 4.69) is 12.2 Å². The first-order chi connectivity index (χ1) is 4.02. The van der Waals surface area contributed by atoms with Gasteiger partial charge in [0.15, 0.2) is 0 Å². The van der Waals surface area contributed by atoms with Crippen molar-refractivity contribution in [3.8, 4) is 0 Å². The summed E-state index contributed by atoms with van der Waals surface area (Å²) in [5.74, 6) is -0.0903. The third kappa shape index (κ3) is 2.70. The number of rotatable bonds is 2. The lowest BCUT2D eigenvalue weighted by Crippen LogP contribution is -2.21. The molecular formula is C7H12OS. The first kappa shape index (κ1) is 8.76. The van der Waals surface area contributed by atoms with Gasteiger partial charge >= 0.3 is 0 Å². The van der Waals surface area contributed by atoms with Crippen molar-refractivity contribution in [1.82, 2.24) is 0 Å². The fourth-order valence-corrected chi connectivity index (χ4v) is 0.913. The molecule has 0 heterocycles. The molecule has 0 amide bonds. The van der Waals surface area contributed by atoms with E-state index in [-0.39, 0.29) is 11.3 Å². The third-order valence-corrected chi connectivity index (χ3v) is 1.59. The van der Waals surface area contributed by atoms with Crippen molar-refractivity contribution in [2.24, 2.45) is 11.3 Å². The molecule has 0 saturated heterocycles. The van der Waals surface area contributed by atoms with Gasteiger partial charge in [-0.2, -0.15) is 0 Å². The fraction of sp³-hybridized carbons (Fsp3) is 0.714. The molecule has 1 unspecified atom stereocenters. The molecule has 0 aliphatic rings. The number of thiocarbonyl (C=S) groups is 1. The molecule has 0 aliphatic carbocycles. The Bertz CT molecular complexity index is 105. The first-order valence-corrected chi connectivity index (χ1v) is 3.40. The lowest BCUT2D eigenvalue weighted by Gasteiger charge is -2.21.